The molecule has 1 aromatic rings. The van der Waals surface area contributed by atoms with Crippen molar-refractivity contribution in [3.8, 4) is 0 Å². The van der Waals surface area contributed by atoms with Gasteiger partial charge in [0.25, 0.3) is 0 Å². The van der Waals surface area contributed by atoms with Crippen LogP contribution in [-0.2, 0) is 31.3 Å². The second-order valence-electron chi connectivity index (χ2n) is 5.21. The lowest BCUT2D eigenvalue weighted by Crippen LogP contribution is -2.35. The van der Waals surface area contributed by atoms with Crippen LogP contribution in [0.3, 0.4) is 0 Å². The molecule has 1 aliphatic rings. The molecule has 0 amide bonds. The Kier molecular flexibility index (Phi) is 3.82. The maximum absolute atomic E-state index is 11.8. The molecule has 1 aromatic carbocycles. The number of carboxylic acids is 1. The number of benzene rings is 1. The normalized spacial score (nSPS) is 14.4. The molecule has 0 bridgehead atoms. The molecule has 0 saturated heterocycles. The van der Waals surface area contributed by atoms with Crippen molar-refractivity contribution in [1.82, 2.24) is 0 Å². The second-order valence-corrected chi connectivity index (χ2v) is 9.11. The van der Waals surface area contributed by atoms with E-state index in [0.717, 1.165) is 12.5 Å². The van der Waals surface area contributed by atoms with Crippen molar-refractivity contribution in [3.05, 3.63) is 34.4 Å². The molecule has 0 aromatic heterocycles. The van der Waals surface area contributed by atoms with E-state index in [2.05, 4.69) is 0 Å². The van der Waals surface area contributed by atoms with Crippen LogP contribution in [0.4, 0.5) is 5.69 Å². The van der Waals surface area contributed by atoms with E-state index in [-0.39, 0.29) is 17.7 Å². The molecule has 0 spiro atoms. The molecular weight excluding hydrogens is 330 g/mol. The van der Waals surface area contributed by atoms with E-state index in [4.69, 9.17) is 5.11 Å². The van der Waals surface area contributed by atoms with Gasteiger partial charge in [-0.05, 0) is 41.8 Å². The Labute approximate surface area is 129 Å². The molecule has 1 aliphatic carbocycles. The molecule has 0 heterocycles. The fraction of sp³-hybridized carbons (Fsp3) is 0.308. The smallest absolute Gasteiger partial charge is 0.331 e. The highest BCUT2D eigenvalue weighted by Crippen LogP contribution is 2.33. The van der Waals surface area contributed by atoms with E-state index >= 15 is 0 Å². The zero-order valence-corrected chi connectivity index (χ0v) is 13.8. The van der Waals surface area contributed by atoms with Crippen LogP contribution >= 0.6 is 0 Å². The van der Waals surface area contributed by atoms with E-state index in [1.165, 1.54) is 12.1 Å². The van der Waals surface area contributed by atoms with Gasteiger partial charge >= 0.3 is 5.97 Å². The van der Waals surface area contributed by atoms with E-state index in [0.29, 0.717) is 20.4 Å². The highest BCUT2D eigenvalue weighted by molar-refractivity contribution is 8.09. The van der Waals surface area contributed by atoms with Gasteiger partial charge in [-0.3, -0.25) is 0 Å². The molecule has 9 heteroatoms. The predicted octanol–water partition coefficient (Wildman–Crippen LogP) is 0.745. The zero-order valence-electron chi connectivity index (χ0n) is 12.2. The first-order chi connectivity index (χ1) is 9.91. The van der Waals surface area contributed by atoms with Crippen LogP contribution in [0.5, 0.6) is 0 Å². The maximum atomic E-state index is 11.8. The van der Waals surface area contributed by atoms with E-state index < -0.39 is 26.0 Å². The summed E-state index contributed by atoms with van der Waals surface area (Å²) < 4.78 is 47.7. The number of rotatable bonds is 4. The van der Waals surface area contributed by atoms with Crippen molar-refractivity contribution in [1.29, 1.82) is 0 Å². The minimum Gasteiger partial charge on any atom is -0.478 e. The average Bonchev–Trinajstić information content (AvgIpc) is 2.68. The van der Waals surface area contributed by atoms with Crippen LogP contribution in [0, 0.1) is 6.92 Å². The van der Waals surface area contributed by atoms with Gasteiger partial charge in [-0.2, -0.15) is 3.71 Å². The number of aliphatic carboxylic acids is 1. The molecule has 0 radical (unpaired) electrons. The molecule has 120 valence electrons. The highest BCUT2D eigenvalue weighted by atomic mass is 32.3. The Bertz CT molecular complexity index is 865. The van der Waals surface area contributed by atoms with Gasteiger partial charge in [0.1, 0.15) is 0 Å². The predicted molar refractivity (Wildman–Crippen MR) is 82.7 cm³/mol. The summed E-state index contributed by atoms with van der Waals surface area (Å²) in [5, 5.41) is 9.02. The molecule has 1 N–H and O–H groups in total. The number of hydrogen-bond acceptors (Lipinski definition) is 5. The van der Waals surface area contributed by atoms with Crippen LogP contribution in [-0.4, -0.2) is 40.4 Å². The summed E-state index contributed by atoms with van der Waals surface area (Å²) in [4.78, 5) is 11.0. The SMILES string of the molecule is Cc1cc2c(cc1N(S(C)(=O)=O)S(C)(=O)=O)CC(C(=O)O)=C2. The van der Waals surface area contributed by atoms with Crippen LogP contribution in [0.25, 0.3) is 6.08 Å². The molecular formula is C13H15NO6S2. The van der Waals surface area contributed by atoms with Crippen LogP contribution in [0.15, 0.2) is 17.7 Å². The first-order valence-electron chi connectivity index (χ1n) is 6.19. The minimum absolute atomic E-state index is 0.0174. The van der Waals surface area contributed by atoms with Crippen LogP contribution < -0.4 is 3.71 Å². The van der Waals surface area contributed by atoms with Crippen molar-refractivity contribution in [3.63, 3.8) is 0 Å². The lowest BCUT2D eigenvalue weighted by molar-refractivity contribution is -0.132. The number of hydrogen-bond donors (Lipinski definition) is 1. The zero-order chi connectivity index (χ0) is 16.9. The van der Waals surface area contributed by atoms with Crippen LogP contribution in [0.1, 0.15) is 16.7 Å². The molecule has 7 nitrogen and oxygen atoms in total. The van der Waals surface area contributed by atoms with Crippen molar-refractivity contribution in [2.45, 2.75) is 13.3 Å². The number of carbonyl (C=O) groups is 1. The summed E-state index contributed by atoms with van der Waals surface area (Å²) in [6, 6.07) is 3.00. The second kappa shape index (κ2) is 5.10. The van der Waals surface area contributed by atoms with Crippen molar-refractivity contribution in [2.24, 2.45) is 0 Å². The van der Waals surface area contributed by atoms with Gasteiger partial charge in [0, 0.05) is 12.0 Å². The Balaban J connectivity index is 2.63. The molecule has 0 atom stereocenters. The van der Waals surface area contributed by atoms with E-state index in [9.17, 15) is 21.6 Å². The van der Waals surface area contributed by atoms with Crippen LogP contribution in [0.2, 0.25) is 0 Å². The number of nitrogens with zero attached hydrogens (tertiary/aromatic N) is 1. The minimum atomic E-state index is -4.03. The van der Waals surface area contributed by atoms with Gasteiger partial charge in [-0.25, -0.2) is 21.6 Å². The fourth-order valence-corrected chi connectivity index (χ4v) is 5.51. The number of fused-ring (bicyclic) bond motifs is 1. The topological polar surface area (TPSA) is 109 Å². The largest absolute Gasteiger partial charge is 0.478 e. The summed E-state index contributed by atoms with van der Waals surface area (Å²) in [6.07, 6.45) is 3.24. The molecule has 2 rings (SSSR count). The van der Waals surface area contributed by atoms with Crippen molar-refractivity contribution in [2.75, 3.05) is 16.2 Å². The van der Waals surface area contributed by atoms with Crippen molar-refractivity contribution >= 4 is 37.8 Å². The third kappa shape index (κ3) is 3.00. The number of sulfonamides is 2. The Morgan fingerprint density at radius 2 is 1.68 bits per heavy atom. The lowest BCUT2D eigenvalue weighted by Gasteiger charge is -2.22. The van der Waals surface area contributed by atoms with Gasteiger partial charge in [-0.1, -0.05) is 0 Å². The highest BCUT2D eigenvalue weighted by Gasteiger charge is 2.30. The van der Waals surface area contributed by atoms with E-state index in [1.54, 1.807) is 13.0 Å². The first-order valence-corrected chi connectivity index (χ1v) is 9.89. The van der Waals surface area contributed by atoms with Crippen molar-refractivity contribution < 1.29 is 26.7 Å². The third-order valence-corrected chi connectivity index (χ3v) is 6.47. The van der Waals surface area contributed by atoms with E-state index in [1.807, 2.05) is 0 Å². The Hall–Kier alpha value is -1.87. The average molecular weight is 345 g/mol. The summed E-state index contributed by atoms with van der Waals surface area (Å²) >= 11 is 0. The molecule has 0 saturated carbocycles. The first kappa shape index (κ1) is 16.5. The number of anilines is 1. The molecule has 0 aliphatic heterocycles. The number of carboxylic acid groups (broad SMARTS) is 1. The van der Waals surface area contributed by atoms with Gasteiger partial charge in [0.2, 0.25) is 20.0 Å². The summed E-state index contributed by atoms with van der Waals surface area (Å²) in [5.41, 5.74) is 1.86. The summed E-state index contributed by atoms with van der Waals surface area (Å²) in [5.74, 6) is -1.06. The standard InChI is InChI=1S/C13H15NO6S2/c1-8-4-9-5-11(13(15)16)6-10(9)7-12(8)14(21(2,17)18)22(3,19)20/h4-5,7H,6H2,1-3H3,(H,15,16). The van der Waals surface area contributed by atoms with Gasteiger partial charge in [0.15, 0.2) is 0 Å². The summed E-state index contributed by atoms with van der Waals surface area (Å²) in [7, 11) is -8.07. The molecule has 0 fully saturated rings. The lowest BCUT2D eigenvalue weighted by atomic mass is 10.0. The van der Waals surface area contributed by atoms with Gasteiger partial charge in [-0.15, -0.1) is 0 Å². The number of aryl methyl sites for hydroxylation is 1. The third-order valence-electron chi connectivity index (χ3n) is 3.24. The van der Waals surface area contributed by atoms with Gasteiger partial charge in [0.05, 0.1) is 18.2 Å². The fourth-order valence-electron chi connectivity index (χ4n) is 2.43. The molecule has 0 unspecified atom stereocenters. The monoisotopic (exact) mass is 345 g/mol. The summed E-state index contributed by atoms with van der Waals surface area (Å²) in [6.45, 7) is 1.57. The Morgan fingerprint density at radius 1 is 1.14 bits per heavy atom. The quantitative estimate of drug-likeness (QED) is 0.862. The Morgan fingerprint density at radius 3 is 2.14 bits per heavy atom. The maximum Gasteiger partial charge on any atom is 0.331 e. The van der Waals surface area contributed by atoms with Gasteiger partial charge < -0.3 is 5.11 Å². The molecule has 22 heavy (non-hydrogen) atoms.